The molecule has 0 heterocycles. The van der Waals surface area contributed by atoms with E-state index < -0.39 is 7.26 Å². The van der Waals surface area contributed by atoms with Gasteiger partial charge in [0, 0.05) is 7.26 Å². The van der Waals surface area contributed by atoms with Crippen LogP contribution < -0.4 is 17.0 Å². The third kappa shape index (κ3) is 4.94. The molecule has 0 saturated heterocycles. The third-order valence-corrected chi connectivity index (χ3v) is 8.17. The maximum atomic E-state index is 10.9. The Morgan fingerprint density at radius 2 is 1.50 bits per heavy atom. The largest absolute Gasteiger partial charge is 1.00 e. The number of halogens is 2. The van der Waals surface area contributed by atoms with E-state index in [0.717, 1.165) is 6.16 Å². The van der Waals surface area contributed by atoms with Gasteiger partial charge in [0.05, 0.1) is 18.5 Å². The van der Waals surface area contributed by atoms with Gasteiger partial charge in [-0.15, -0.1) is 0 Å². The van der Waals surface area contributed by atoms with Crippen LogP contribution in [0.15, 0.2) is 0 Å². The Morgan fingerprint density at radius 1 is 1.17 bits per heavy atom. The predicted octanol–water partition coefficient (Wildman–Crippen LogP) is -0.0108. The smallest absolute Gasteiger partial charge is 0.234 e. The van der Waals surface area contributed by atoms with Gasteiger partial charge in [-0.25, -0.2) is 0 Å². The molecule has 0 unspecified atom stereocenters. The van der Waals surface area contributed by atoms with Gasteiger partial charge in [0.2, 0.25) is 4.69 Å². The van der Waals surface area contributed by atoms with E-state index in [1.165, 1.54) is 18.5 Å². The van der Waals surface area contributed by atoms with Crippen molar-refractivity contribution in [3.63, 3.8) is 0 Å². The lowest BCUT2D eigenvalue weighted by atomic mass is 10.9. The zero-order valence-electron chi connectivity index (χ0n) is 7.94. The van der Waals surface area contributed by atoms with E-state index >= 15 is 0 Å². The first kappa shape index (κ1) is 15.5. The van der Waals surface area contributed by atoms with E-state index in [2.05, 4.69) is 36.7 Å². The van der Waals surface area contributed by atoms with Crippen molar-refractivity contribution in [2.45, 2.75) is 20.8 Å². The molecule has 0 spiro atoms. The summed E-state index contributed by atoms with van der Waals surface area (Å²) in [5.74, 6) is 0. The molecule has 1 nitrogen and oxygen atoms in total. The Bertz CT molecular complexity index is 127. The van der Waals surface area contributed by atoms with Gasteiger partial charge < -0.3 is 17.0 Å². The van der Waals surface area contributed by atoms with E-state index in [1.54, 1.807) is 0 Å². The molecule has 0 rings (SSSR count). The summed E-state index contributed by atoms with van der Waals surface area (Å²) in [5.41, 5.74) is 0. The van der Waals surface area contributed by atoms with Gasteiger partial charge in [-0.3, -0.25) is 4.79 Å². The Morgan fingerprint density at radius 3 is 1.58 bits per heavy atom. The highest BCUT2D eigenvalue weighted by atomic mass is 79.9. The summed E-state index contributed by atoms with van der Waals surface area (Å²) in [4.78, 5) is 10.9. The Labute approximate surface area is 94.9 Å². The summed E-state index contributed by atoms with van der Waals surface area (Å²) in [6, 6.07) is 0. The molecule has 0 radical (unpaired) electrons. The minimum atomic E-state index is -0.891. The molecular formula is C8H17Br2OP. The van der Waals surface area contributed by atoms with E-state index in [9.17, 15) is 4.79 Å². The summed E-state index contributed by atoms with van der Waals surface area (Å²) >= 11 is 3.02. The highest BCUT2D eigenvalue weighted by molar-refractivity contribution is 9.18. The van der Waals surface area contributed by atoms with Crippen LogP contribution in [0.4, 0.5) is 0 Å². The Hall–Kier alpha value is 1.06. The molecule has 0 aliphatic rings. The number of carbonyl (C=O) groups excluding carboxylic acids is 1. The highest BCUT2D eigenvalue weighted by Gasteiger charge is 2.32. The topological polar surface area (TPSA) is 17.1 Å². The molecule has 0 aromatic carbocycles. The van der Waals surface area contributed by atoms with E-state index in [4.69, 9.17) is 0 Å². The molecule has 74 valence electrons. The first-order chi connectivity index (χ1) is 5.10. The lowest BCUT2D eigenvalue weighted by molar-refractivity contribution is -0.108. The van der Waals surface area contributed by atoms with E-state index in [-0.39, 0.29) is 21.7 Å². The van der Waals surface area contributed by atoms with Crippen LogP contribution >= 0.6 is 23.2 Å². The van der Waals surface area contributed by atoms with Crippen LogP contribution in [0.2, 0.25) is 0 Å². The molecule has 0 aliphatic carbocycles. The summed E-state index contributed by atoms with van der Waals surface area (Å²) in [7, 11) is -0.891. The molecule has 12 heavy (non-hydrogen) atoms. The van der Waals surface area contributed by atoms with Crippen LogP contribution in [0.3, 0.4) is 0 Å². The van der Waals surface area contributed by atoms with Crippen molar-refractivity contribution in [1.29, 1.82) is 0 Å². The van der Waals surface area contributed by atoms with Crippen LogP contribution in [0.25, 0.3) is 0 Å². The van der Waals surface area contributed by atoms with Crippen molar-refractivity contribution in [1.82, 2.24) is 0 Å². The normalized spacial score (nSPS) is 10.7. The minimum absolute atomic E-state index is 0. The molecule has 0 N–H and O–H groups in total. The van der Waals surface area contributed by atoms with Crippen molar-refractivity contribution in [3.05, 3.63) is 0 Å². The molecule has 0 atom stereocenters. The SMILES string of the molecule is CC[P+](CC)(CC)CC(=O)Br.[Br-]. The second-order valence-electron chi connectivity index (χ2n) is 2.80. The van der Waals surface area contributed by atoms with Gasteiger partial charge in [-0.2, -0.15) is 0 Å². The fraction of sp³-hybridized carbons (Fsp3) is 0.875. The van der Waals surface area contributed by atoms with Crippen LogP contribution in [-0.4, -0.2) is 29.3 Å². The molecule has 0 saturated carbocycles. The molecule has 0 aliphatic heterocycles. The lowest BCUT2D eigenvalue weighted by Gasteiger charge is -2.21. The van der Waals surface area contributed by atoms with Gasteiger partial charge in [-0.1, -0.05) is 0 Å². The summed E-state index contributed by atoms with van der Waals surface area (Å²) < 4.78 is 0.191. The summed E-state index contributed by atoms with van der Waals surface area (Å²) in [5, 5.41) is 0. The Balaban J connectivity index is 0. The average molecular weight is 320 g/mol. The third-order valence-electron chi connectivity index (χ3n) is 2.47. The van der Waals surface area contributed by atoms with E-state index in [0.29, 0.717) is 0 Å². The van der Waals surface area contributed by atoms with Crippen molar-refractivity contribution >= 4 is 27.9 Å². The van der Waals surface area contributed by atoms with Crippen LogP contribution in [0, 0.1) is 0 Å². The van der Waals surface area contributed by atoms with Gasteiger partial charge in [-0.05, 0) is 36.7 Å². The first-order valence-corrected chi connectivity index (χ1v) is 7.46. The van der Waals surface area contributed by atoms with Crippen molar-refractivity contribution in [2.75, 3.05) is 24.6 Å². The molecule has 0 fully saturated rings. The minimum Gasteiger partial charge on any atom is -1.00 e. The lowest BCUT2D eigenvalue weighted by Crippen LogP contribution is -3.00. The molecule has 0 aromatic rings. The molecule has 0 amide bonds. The number of hydrogen-bond donors (Lipinski definition) is 0. The fourth-order valence-electron chi connectivity index (χ4n) is 1.27. The zero-order valence-corrected chi connectivity index (χ0v) is 12.0. The number of hydrogen-bond acceptors (Lipinski definition) is 1. The summed E-state index contributed by atoms with van der Waals surface area (Å²) in [6.07, 6.45) is 4.41. The number of carbonyl (C=O) groups is 1. The van der Waals surface area contributed by atoms with Crippen molar-refractivity contribution < 1.29 is 21.8 Å². The molecule has 4 heteroatoms. The van der Waals surface area contributed by atoms with Crippen LogP contribution in [0.1, 0.15) is 20.8 Å². The van der Waals surface area contributed by atoms with Crippen molar-refractivity contribution in [2.24, 2.45) is 0 Å². The van der Waals surface area contributed by atoms with E-state index in [1.807, 2.05) is 0 Å². The average Bonchev–Trinajstić information content (AvgIpc) is 2.00. The maximum absolute atomic E-state index is 10.9. The van der Waals surface area contributed by atoms with Gasteiger partial charge in [0.1, 0.15) is 6.16 Å². The van der Waals surface area contributed by atoms with Gasteiger partial charge in [0.15, 0.2) is 0 Å². The second-order valence-corrected chi connectivity index (χ2v) is 8.58. The maximum Gasteiger partial charge on any atom is 0.234 e. The first-order valence-electron chi connectivity index (χ1n) is 4.13. The number of rotatable bonds is 5. The van der Waals surface area contributed by atoms with Crippen LogP contribution in [-0.2, 0) is 4.79 Å². The van der Waals surface area contributed by atoms with Gasteiger partial charge in [0.25, 0.3) is 0 Å². The Kier molecular flexibility index (Phi) is 9.66. The summed E-state index contributed by atoms with van der Waals surface area (Å²) in [6.45, 7) is 6.62. The molecule has 0 bridgehead atoms. The zero-order chi connectivity index (χ0) is 8.91. The van der Waals surface area contributed by atoms with Crippen molar-refractivity contribution in [3.8, 4) is 0 Å². The van der Waals surface area contributed by atoms with Gasteiger partial charge >= 0.3 is 0 Å². The monoisotopic (exact) mass is 318 g/mol. The highest BCUT2D eigenvalue weighted by Crippen LogP contribution is 2.57. The quantitative estimate of drug-likeness (QED) is 0.514. The molecule has 0 aromatic heterocycles. The standard InChI is InChI=1S/C8H17BrOP.BrH/c1-4-11(5-2,6-3)7-8(9)10;/h4-7H2,1-3H3;1H/q+1;/p-1. The van der Waals surface area contributed by atoms with Crippen LogP contribution in [0.5, 0.6) is 0 Å². The predicted molar refractivity (Wildman–Crippen MR) is 57.3 cm³/mol. The molecular weight excluding hydrogens is 303 g/mol. The second kappa shape index (κ2) is 7.46. The fourth-order valence-corrected chi connectivity index (χ4v) is 5.41.